The Morgan fingerprint density at radius 1 is 1.23 bits per heavy atom. The molecule has 5 heteroatoms. The summed E-state index contributed by atoms with van der Waals surface area (Å²) in [4.78, 5) is 13.1. The van der Waals surface area contributed by atoms with Crippen molar-refractivity contribution in [1.82, 2.24) is 14.9 Å². The minimum Gasteiger partial charge on any atom is -0.351 e. The zero-order chi connectivity index (χ0) is 14.9. The van der Waals surface area contributed by atoms with Crippen LogP contribution in [0.5, 0.6) is 0 Å². The lowest BCUT2D eigenvalue weighted by atomic mass is 9.93. The Hall–Kier alpha value is -2.01. The first-order chi connectivity index (χ1) is 10.8. The maximum absolute atomic E-state index is 12.5. The van der Waals surface area contributed by atoms with Crippen molar-refractivity contribution >= 4 is 17.4 Å². The molecule has 112 valence electrons. The maximum Gasteiger partial charge on any atom is 0.265 e. The fourth-order valence-electron chi connectivity index (χ4n) is 3.56. The highest BCUT2D eigenvalue weighted by molar-refractivity contribution is 7.08. The molecule has 1 fully saturated rings. The predicted octanol–water partition coefficient (Wildman–Crippen LogP) is 3.15. The molecule has 2 aromatic rings. The van der Waals surface area contributed by atoms with Crippen LogP contribution in [-0.4, -0.2) is 22.0 Å². The molecule has 1 N–H and O–H groups in total. The van der Waals surface area contributed by atoms with Gasteiger partial charge in [-0.05, 0) is 42.1 Å². The van der Waals surface area contributed by atoms with Crippen molar-refractivity contribution in [2.45, 2.75) is 12.8 Å². The minimum atomic E-state index is -0.0550. The Balaban J connectivity index is 1.45. The number of amides is 1. The minimum absolute atomic E-state index is 0.0550. The summed E-state index contributed by atoms with van der Waals surface area (Å²) in [5.41, 5.74) is 1.61. The summed E-state index contributed by atoms with van der Waals surface area (Å²) in [7, 11) is 0. The van der Waals surface area contributed by atoms with Crippen LogP contribution < -0.4 is 5.32 Å². The number of nitrogens with one attached hydrogen (secondary N) is 1. The molecule has 0 unspecified atom stereocenters. The molecular weight excluding hydrogens is 294 g/mol. The van der Waals surface area contributed by atoms with Crippen LogP contribution in [0.2, 0.25) is 0 Å². The number of nitrogens with zero attached hydrogens (tertiary/aromatic N) is 2. The molecule has 3 atom stereocenters. The predicted molar refractivity (Wildman–Crippen MR) is 86.5 cm³/mol. The number of fused-ring (bicyclic) bond motifs is 2. The zero-order valence-electron chi connectivity index (χ0n) is 12.1. The molecule has 1 heterocycles. The summed E-state index contributed by atoms with van der Waals surface area (Å²) >= 11 is 1.16. The third kappa shape index (κ3) is 2.46. The summed E-state index contributed by atoms with van der Waals surface area (Å²) in [6, 6.07) is 9.74. The van der Waals surface area contributed by atoms with Gasteiger partial charge in [-0.3, -0.25) is 4.79 Å². The fourth-order valence-corrected chi connectivity index (χ4v) is 4.16. The molecule has 4 nitrogen and oxygen atoms in total. The van der Waals surface area contributed by atoms with Crippen molar-refractivity contribution in [1.29, 1.82) is 0 Å². The van der Waals surface area contributed by atoms with Gasteiger partial charge in [0.15, 0.2) is 0 Å². The van der Waals surface area contributed by atoms with Crippen LogP contribution in [0.15, 0.2) is 42.5 Å². The van der Waals surface area contributed by atoms with E-state index < -0.39 is 0 Å². The molecule has 1 saturated carbocycles. The van der Waals surface area contributed by atoms with Gasteiger partial charge in [-0.2, -0.15) is 0 Å². The first-order valence-corrected chi connectivity index (χ1v) is 8.43. The summed E-state index contributed by atoms with van der Waals surface area (Å²) < 4.78 is 3.96. The van der Waals surface area contributed by atoms with Crippen molar-refractivity contribution in [2.24, 2.45) is 17.8 Å². The topological polar surface area (TPSA) is 54.9 Å². The second-order valence-corrected chi connectivity index (χ2v) is 6.82. The summed E-state index contributed by atoms with van der Waals surface area (Å²) in [6.45, 7) is 0.746. The SMILES string of the molecule is O=C(NC[C@@H]1C[C@H]2C=C[C@@H]1C2)c1snnc1-c1ccccc1. The number of hydrogen-bond donors (Lipinski definition) is 1. The van der Waals surface area contributed by atoms with E-state index in [1.807, 2.05) is 30.3 Å². The highest BCUT2D eigenvalue weighted by atomic mass is 32.1. The van der Waals surface area contributed by atoms with Gasteiger partial charge in [-0.25, -0.2) is 0 Å². The van der Waals surface area contributed by atoms with Crippen molar-refractivity contribution in [3.05, 3.63) is 47.4 Å². The van der Waals surface area contributed by atoms with Gasteiger partial charge in [-0.15, -0.1) is 5.10 Å². The molecule has 2 aliphatic rings. The Labute approximate surface area is 133 Å². The van der Waals surface area contributed by atoms with Crippen molar-refractivity contribution in [3.8, 4) is 11.3 Å². The van der Waals surface area contributed by atoms with Gasteiger partial charge in [-0.1, -0.05) is 47.0 Å². The van der Waals surface area contributed by atoms with E-state index in [1.165, 1.54) is 12.8 Å². The van der Waals surface area contributed by atoms with Crippen molar-refractivity contribution in [2.75, 3.05) is 6.54 Å². The first-order valence-electron chi connectivity index (χ1n) is 7.65. The van der Waals surface area contributed by atoms with Gasteiger partial charge in [0.2, 0.25) is 0 Å². The molecule has 0 spiro atoms. The zero-order valence-corrected chi connectivity index (χ0v) is 12.9. The highest BCUT2D eigenvalue weighted by Gasteiger charge is 2.35. The summed E-state index contributed by atoms with van der Waals surface area (Å²) in [6.07, 6.45) is 7.10. The average molecular weight is 311 g/mol. The van der Waals surface area contributed by atoms with E-state index in [0.29, 0.717) is 22.4 Å². The monoisotopic (exact) mass is 311 g/mol. The molecule has 2 bridgehead atoms. The van der Waals surface area contributed by atoms with E-state index in [1.54, 1.807) is 0 Å². The molecule has 0 radical (unpaired) electrons. The number of carbonyl (C=O) groups is 1. The number of hydrogen-bond acceptors (Lipinski definition) is 4. The largest absolute Gasteiger partial charge is 0.351 e. The van der Waals surface area contributed by atoms with Gasteiger partial charge < -0.3 is 5.32 Å². The second kappa shape index (κ2) is 5.65. The molecule has 1 aromatic heterocycles. The van der Waals surface area contributed by atoms with Gasteiger partial charge >= 0.3 is 0 Å². The molecule has 0 aliphatic heterocycles. The Morgan fingerprint density at radius 3 is 2.82 bits per heavy atom. The van der Waals surface area contributed by atoms with E-state index in [2.05, 4.69) is 27.1 Å². The Morgan fingerprint density at radius 2 is 2.09 bits per heavy atom. The lowest BCUT2D eigenvalue weighted by molar-refractivity contribution is 0.0949. The van der Waals surface area contributed by atoms with E-state index in [0.717, 1.165) is 29.6 Å². The van der Waals surface area contributed by atoms with Gasteiger partial charge in [0.25, 0.3) is 5.91 Å². The number of carbonyl (C=O) groups excluding carboxylic acids is 1. The van der Waals surface area contributed by atoms with Gasteiger partial charge in [0.05, 0.1) is 0 Å². The van der Waals surface area contributed by atoms with Crippen molar-refractivity contribution < 1.29 is 4.79 Å². The number of rotatable bonds is 4. The standard InChI is InChI=1S/C17H17N3OS/c21-17(18-10-14-9-11-6-7-13(14)8-11)16-15(19-20-22-16)12-4-2-1-3-5-12/h1-7,11,13-14H,8-10H2,(H,18,21)/t11-,13+,14-/m0/s1. The van der Waals surface area contributed by atoms with E-state index in [4.69, 9.17) is 0 Å². The third-order valence-corrected chi connectivity index (χ3v) is 5.41. The molecule has 22 heavy (non-hydrogen) atoms. The average Bonchev–Trinajstić information content (AvgIpc) is 3.29. The summed E-state index contributed by atoms with van der Waals surface area (Å²) in [5.74, 6) is 1.91. The van der Waals surface area contributed by atoms with Crippen LogP contribution >= 0.6 is 11.5 Å². The first kappa shape index (κ1) is 13.6. The smallest absolute Gasteiger partial charge is 0.265 e. The number of aromatic nitrogens is 2. The molecule has 4 rings (SSSR count). The van der Waals surface area contributed by atoms with Gasteiger partial charge in [0.1, 0.15) is 10.6 Å². The van der Waals surface area contributed by atoms with Crippen LogP contribution in [0.25, 0.3) is 11.3 Å². The van der Waals surface area contributed by atoms with Crippen LogP contribution in [-0.2, 0) is 0 Å². The molecular formula is C17H17N3OS. The lowest BCUT2D eigenvalue weighted by Gasteiger charge is -2.18. The van der Waals surface area contributed by atoms with Crippen LogP contribution in [0.1, 0.15) is 22.5 Å². The van der Waals surface area contributed by atoms with E-state index in [-0.39, 0.29) is 5.91 Å². The Bertz CT molecular complexity index is 710. The number of allylic oxidation sites excluding steroid dienone is 2. The highest BCUT2D eigenvalue weighted by Crippen LogP contribution is 2.43. The second-order valence-electron chi connectivity index (χ2n) is 6.07. The Kier molecular flexibility index (Phi) is 3.50. The molecule has 1 amide bonds. The third-order valence-electron chi connectivity index (χ3n) is 4.68. The van der Waals surface area contributed by atoms with E-state index in [9.17, 15) is 4.79 Å². The van der Waals surface area contributed by atoms with Crippen LogP contribution in [0.4, 0.5) is 0 Å². The molecule has 0 saturated heterocycles. The summed E-state index contributed by atoms with van der Waals surface area (Å²) in [5, 5.41) is 7.20. The van der Waals surface area contributed by atoms with Crippen molar-refractivity contribution in [3.63, 3.8) is 0 Å². The van der Waals surface area contributed by atoms with Crippen LogP contribution in [0, 0.1) is 17.8 Å². The van der Waals surface area contributed by atoms with Crippen LogP contribution in [0.3, 0.4) is 0 Å². The maximum atomic E-state index is 12.5. The quantitative estimate of drug-likeness (QED) is 0.883. The van der Waals surface area contributed by atoms with E-state index >= 15 is 0 Å². The lowest BCUT2D eigenvalue weighted by Crippen LogP contribution is -2.30. The normalized spacial score (nSPS) is 25.5. The van der Waals surface area contributed by atoms with Gasteiger partial charge in [0, 0.05) is 12.1 Å². The molecule has 1 aromatic carbocycles. The fraction of sp³-hybridized carbons (Fsp3) is 0.353. The number of benzene rings is 1. The molecule has 2 aliphatic carbocycles.